The molecule has 17 heteroatoms. The largest absolute Gasteiger partial charge is 0.446 e. The van der Waals surface area contributed by atoms with Crippen molar-refractivity contribution in [2.75, 3.05) is 6.54 Å². The van der Waals surface area contributed by atoms with Gasteiger partial charge in [0.05, 0.1) is 17.8 Å². The van der Waals surface area contributed by atoms with Crippen LogP contribution in [0.25, 0.3) is 11.3 Å². The molecule has 1 aromatic heterocycles. The molecular formula is C36H45F4IN6O6. The van der Waals surface area contributed by atoms with E-state index in [1.54, 1.807) is 41.5 Å². The van der Waals surface area contributed by atoms with Crippen molar-refractivity contribution in [3.05, 3.63) is 75.0 Å². The van der Waals surface area contributed by atoms with E-state index < -0.39 is 84.1 Å². The second-order valence-electron chi connectivity index (χ2n) is 14.9. The summed E-state index contributed by atoms with van der Waals surface area (Å²) in [6, 6.07) is 8.13. The summed E-state index contributed by atoms with van der Waals surface area (Å²) in [6.07, 6.45) is -0.850. The van der Waals surface area contributed by atoms with E-state index in [1.807, 2.05) is 24.3 Å². The zero-order chi connectivity index (χ0) is 39.2. The van der Waals surface area contributed by atoms with Gasteiger partial charge in [0.15, 0.2) is 0 Å². The number of aromatic nitrogens is 2. The van der Waals surface area contributed by atoms with Crippen molar-refractivity contribution >= 4 is 40.7 Å². The van der Waals surface area contributed by atoms with Gasteiger partial charge in [0, 0.05) is 34.0 Å². The predicted molar refractivity (Wildman–Crippen MR) is 195 cm³/mol. The maximum absolute atomic E-state index is 15.7. The van der Waals surface area contributed by atoms with Gasteiger partial charge in [-0.05, 0) is 104 Å². The molecule has 53 heavy (non-hydrogen) atoms. The van der Waals surface area contributed by atoms with Crippen molar-refractivity contribution in [2.45, 2.75) is 104 Å². The Labute approximate surface area is 319 Å². The summed E-state index contributed by atoms with van der Waals surface area (Å²) in [7, 11) is 0. The maximum atomic E-state index is 15.7. The second kappa shape index (κ2) is 17.4. The van der Waals surface area contributed by atoms with Gasteiger partial charge in [-0.15, -0.1) is 0 Å². The molecule has 2 aromatic carbocycles. The molecular weight excluding hydrogens is 815 g/mol. The van der Waals surface area contributed by atoms with Crippen molar-refractivity contribution in [1.29, 1.82) is 0 Å². The van der Waals surface area contributed by atoms with Crippen LogP contribution in [0.1, 0.15) is 72.1 Å². The van der Waals surface area contributed by atoms with Crippen molar-refractivity contribution in [2.24, 2.45) is 5.41 Å². The highest BCUT2D eigenvalue weighted by Gasteiger charge is 2.37. The first-order valence-corrected chi connectivity index (χ1v) is 18.0. The number of hydrogen-bond donors (Lipinski definition) is 4. The Morgan fingerprint density at radius 2 is 1.62 bits per heavy atom. The molecule has 0 unspecified atom stereocenters. The number of benzene rings is 2. The third-order valence-electron chi connectivity index (χ3n) is 7.99. The van der Waals surface area contributed by atoms with E-state index in [0.717, 1.165) is 32.5 Å². The molecule has 1 saturated carbocycles. The molecule has 12 nitrogen and oxygen atoms in total. The minimum Gasteiger partial charge on any atom is -0.446 e. The second-order valence-corrected chi connectivity index (χ2v) is 16.2. The van der Waals surface area contributed by atoms with Gasteiger partial charge in [-0.1, -0.05) is 32.9 Å². The molecule has 1 heterocycles. The molecule has 0 bridgehead atoms. The Bertz CT molecular complexity index is 1720. The van der Waals surface area contributed by atoms with Gasteiger partial charge >= 0.3 is 18.7 Å². The minimum atomic E-state index is -2.96. The average Bonchev–Trinajstić information content (AvgIpc) is 3.70. The predicted octanol–water partition coefficient (Wildman–Crippen LogP) is 6.46. The molecule has 3 aromatic rings. The Hall–Kier alpha value is -3.97. The summed E-state index contributed by atoms with van der Waals surface area (Å²) in [6.45, 7) is 6.04. The number of hydrogen-bond acceptors (Lipinski definition) is 8. The van der Waals surface area contributed by atoms with Crippen LogP contribution in [0.5, 0.6) is 0 Å². The summed E-state index contributed by atoms with van der Waals surface area (Å²) in [4.78, 5) is 39.4. The van der Waals surface area contributed by atoms with Gasteiger partial charge in [-0.3, -0.25) is 10.2 Å². The van der Waals surface area contributed by atoms with E-state index in [2.05, 4.69) is 43.7 Å². The molecule has 0 radical (unpaired) electrons. The number of rotatable bonds is 14. The number of carbonyl (C=O) groups excluding carboxylic acids is 3. The van der Waals surface area contributed by atoms with Crippen LogP contribution in [0.3, 0.4) is 0 Å². The van der Waals surface area contributed by atoms with E-state index >= 15 is 8.78 Å². The lowest BCUT2D eigenvalue weighted by molar-refractivity contribution is -0.131. The lowest BCUT2D eigenvalue weighted by Crippen LogP contribution is -2.59. The standard InChI is InChI=1S/C36H45F4IN6O6/c1-35(2,3)30(43-33(50)52-23-11-12-23)31(49)45-46(18-24-25(37)16-21(17-26(24)38)27-13-14-47(44-27)32(39)40)19-29(48)28(42-34(51)53-36(4,5)6)15-20-7-9-22(41)10-8-20/h7-10,13-14,16-17,23,28-30,32,48H,11-12,15,18-19H2,1-6H3,(H,42,51)(H,43,50)(H,45,49)/t28-,29-,30+/m0/s1. The van der Waals surface area contributed by atoms with Crippen molar-refractivity contribution in [3.8, 4) is 11.3 Å². The fourth-order valence-corrected chi connectivity index (χ4v) is 5.56. The Morgan fingerprint density at radius 1 is 1.00 bits per heavy atom. The number of aliphatic hydroxyl groups excluding tert-OH is 1. The van der Waals surface area contributed by atoms with Crippen LogP contribution in [-0.4, -0.2) is 74.4 Å². The summed E-state index contributed by atoms with van der Waals surface area (Å²) in [5.74, 6) is -2.94. The number of amides is 3. The number of hydrazine groups is 1. The van der Waals surface area contributed by atoms with Crippen LogP contribution in [0.2, 0.25) is 0 Å². The van der Waals surface area contributed by atoms with E-state index in [1.165, 1.54) is 6.07 Å². The average molecular weight is 861 g/mol. The van der Waals surface area contributed by atoms with Crippen molar-refractivity contribution < 1.29 is 46.5 Å². The quantitative estimate of drug-likeness (QED) is 0.0821. The number of ether oxygens (including phenoxy) is 2. The fraction of sp³-hybridized carbons (Fsp3) is 0.500. The number of aliphatic hydroxyl groups is 1. The molecule has 1 fully saturated rings. The highest BCUT2D eigenvalue weighted by atomic mass is 127. The third-order valence-corrected chi connectivity index (χ3v) is 8.71. The number of halogens is 5. The molecule has 4 N–H and O–H groups in total. The van der Waals surface area contributed by atoms with E-state index in [-0.39, 0.29) is 23.8 Å². The molecule has 1 aliphatic carbocycles. The van der Waals surface area contributed by atoms with Gasteiger partial charge < -0.3 is 25.2 Å². The lowest BCUT2D eigenvalue weighted by Gasteiger charge is -2.34. The topological polar surface area (TPSA) is 147 Å². The van der Waals surface area contributed by atoms with Crippen molar-refractivity contribution in [3.63, 3.8) is 0 Å². The molecule has 0 aliphatic heterocycles. The summed E-state index contributed by atoms with van der Waals surface area (Å²) < 4.78 is 69.6. The maximum Gasteiger partial charge on any atom is 0.408 e. The number of alkyl carbamates (subject to hydrolysis) is 2. The molecule has 290 valence electrons. The van der Waals surface area contributed by atoms with Gasteiger partial charge in [0.2, 0.25) is 0 Å². The highest BCUT2D eigenvalue weighted by molar-refractivity contribution is 14.1. The first kappa shape index (κ1) is 41.8. The minimum absolute atomic E-state index is 0.0981. The molecule has 4 rings (SSSR count). The van der Waals surface area contributed by atoms with Crippen molar-refractivity contribution in [1.82, 2.24) is 30.8 Å². The first-order valence-electron chi connectivity index (χ1n) is 16.9. The zero-order valence-electron chi connectivity index (χ0n) is 30.3. The molecule has 0 spiro atoms. The first-order chi connectivity index (χ1) is 24.7. The third kappa shape index (κ3) is 12.8. The Kier molecular flexibility index (Phi) is 13.8. The summed E-state index contributed by atoms with van der Waals surface area (Å²) in [5, 5.41) is 21.6. The number of nitrogens with one attached hydrogen (secondary N) is 3. The van der Waals surface area contributed by atoms with Crippen LogP contribution in [0.15, 0.2) is 48.7 Å². The highest BCUT2D eigenvalue weighted by Crippen LogP contribution is 2.27. The lowest BCUT2D eigenvalue weighted by atomic mass is 9.86. The number of carbonyl (C=O) groups is 3. The van der Waals surface area contributed by atoms with Crippen LogP contribution in [0.4, 0.5) is 27.2 Å². The van der Waals surface area contributed by atoms with Gasteiger partial charge in [-0.2, -0.15) is 13.9 Å². The summed E-state index contributed by atoms with van der Waals surface area (Å²) >= 11 is 2.14. The van der Waals surface area contributed by atoms with Gasteiger partial charge in [-0.25, -0.2) is 28.1 Å². The fourth-order valence-electron chi connectivity index (χ4n) is 5.20. The molecule has 1 aliphatic rings. The van der Waals surface area contributed by atoms with Gasteiger partial charge in [0.1, 0.15) is 29.4 Å². The SMILES string of the molecule is CC(C)(C)OC(=O)N[C@@H](Cc1ccc(I)cc1)[C@@H](O)CN(Cc1c(F)cc(-c2ccn(C(F)F)n2)cc1F)NC(=O)[C@@H](NC(=O)OC1CC1)C(C)(C)C. The molecule has 3 amide bonds. The van der Waals surface area contributed by atoms with Crippen LogP contribution in [-0.2, 0) is 27.2 Å². The van der Waals surface area contributed by atoms with Crippen LogP contribution < -0.4 is 16.1 Å². The Morgan fingerprint density at radius 3 is 2.15 bits per heavy atom. The Balaban J connectivity index is 1.66. The molecule has 3 atom stereocenters. The van der Waals surface area contributed by atoms with Gasteiger partial charge in [0.25, 0.3) is 5.91 Å². The zero-order valence-corrected chi connectivity index (χ0v) is 32.4. The van der Waals surface area contributed by atoms with E-state index in [4.69, 9.17) is 9.47 Å². The van der Waals surface area contributed by atoms with E-state index in [0.29, 0.717) is 17.5 Å². The van der Waals surface area contributed by atoms with E-state index in [9.17, 15) is 28.3 Å². The van der Waals surface area contributed by atoms with Crippen LogP contribution in [0, 0.1) is 20.6 Å². The monoisotopic (exact) mass is 860 g/mol. The number of nitrogens with zero attached hydrogens (tertiary/aromatic N) is 3. The number of alkyl halides is 2. The normalized spacial score (nSPS) is 15.1. The smallest absolute Gasteiger partial charge is 0.408 e. The summed E-state index contributed by atoms with van der Waals surface area (Å²) in [5.41, 5.74) is 0.871. The molecule has 0 saturated heterocycles. The van der Waals surface area contributed by atoms with Crippen LogP contribution >= 0.6 is 22.6 Å².